The average Bonchev–Trinajstić information content (AvgIpc) is 2.84. The molecule has 0 aromatic carbocycles. The summed E-state index contributed by atoms with van der Waals surface area (Å²) in [6.45, 7) is 12.5. The normalized spacial score (nSPS) is 13.7. The first-order valence-electron chi connectivity index (χ1n) is 14.1. The first-order chi connectivity index (χ1) is 16.5. The molecule has 0 radical (unpaired) electrons. The molecule has 0 amide bonds. The van der Waals surface area contributed by atoms with Gasteiger partial charge in [0.2, 0.25) is 0 Å². The first kappa shape index (κ1) is 39.9. The number of carbonyl (C=O) groups excluding carboxylic acids is 2. The topological polar surface area (TPSA) is 80.3 Å². The van der Waals surface area contributed by atoms with Gasteiger partial charge in [-0.3, -0.25) is 0 Å². The molecule has 0 rings (SSSR count). The van der Waals surface area contributed by atoms with Gasteiger partial charge in [0.25, 0.3) is 0 Å². The van der Waals surface area contributed by atoms with E-state index in [4.69, 9.17) is 0 Å². The second-order valence-corrected chi connectivity index (χ2v) is 15.4. The van der Waals surface area contributed by atoms with Gasteiger partial charge < -0.3 is 19.8 Å². The van der Waals surface area contributed by atoms with Crippen molar-refractivity contribution in [1.82, 2.24) is 0 Å². The standard InChI is InChI=1S/2C10H20O2S.2C4H9.Sn/c2*1-3-5-6-7-8-10(13,4-2)9(11)12;2*1-3-4-2;/h2*13H,3-8H2,1-2H3,(H,11,12);2*1,3-4H2,2H3;/q;;;;+2/p-2. The number of thiol groups is 2. The van der Waals surface area contributed by atoms with E-state index in [1.807, 2.05) is 13.8 Å². The summed E-state index contributed by atoms with van der Waals surface area (Å²) in [6.07, 6.45) is 16.8. The molecule has 0 bridgehead atoms. The van der Waals surface area contributed by atoms with E-state index in [1.165, 1.54) is 38.5 Å². The second kappa shape index (κ2) is 27.5. The molecule has 2 unspecified atom stereocenters. The van der Waals surface area contributed by atoms with Crippen LogP contribution in [-0.4, -0.2) is 42.6 Å². The molecule has 0 saturated carbocycles. The summed E-state index contributed by atoms with van der Waals surface area (Å²) in [6, 6.07) is 0. The molecule has 7 heteroatoms. The van der Waals surface area contributed by atoms with Crippen LogP contribution >= 0.6 is 25.3 Å². The van der Waals surface area contributed by atoms with Gasteiger partial charge in [0.1, 0.15) is 0 Å². The van der Waals surface area contributed by atoms with Crippen LogP contribution in [0.2, 0.25) is 8.87 Å². The van der Waals surface area contributed by atoms with Crippen LogP contribution in [0.4, 0.5) is 0 Å². The number of aliphatic carboxylic acids is 2. The minimum atomic E-state index is -1.03. The Morgan fingerprint density at radius 3 is 1.11 bits per heavy atom. The van der Waals surface area contributed by atoms with Gasteiger partial charge in [0.05, 0.1) is 21.4 Å². The van der Waals surface area contributed by atoms with Crippen LogP contribution < -0.4 is 10.2 Å². The predicted octanol–water partition coefficient (Wildman–Crippen LogP) is 6.70. The Morgan fingerprint density at radius 1 is 0.571 bits per heavy atom. The number of carbonyl (C=O) groups is 2. The van der Waals surface area contributed by atoms with Crippen molar-refractivity contribution in [3.63, 3.8) is 0 Å². The molecule has 0 spiro atoms. The van der Waals surface area contributed by atoms with Crippen LogP contribution in [0.5, 0.6) is 0 Å². The van der Waals surface area contributed by atoms with E-state index < -0.39 is 21.4 Å². The van der Waals surface area contributed by atoms with E-state index in [0.717, 1.165) is 38.5 Å². The van der Waals surface area contributed by atoms with Crippen molar-refractivity contribution in [2.24, 2.45) is 0 Å². The third kappa shape index (κ3) is 24.5. The number of carboxylic acid groups (broad SMARTS) is 2. The monoisotopic (exact) mass is 640 g/mol. The number of hydrogen-bond donors (Lipinski definition) is 2. The zero-order valence-corrected chi connectivity index (χ0v) is 28.4. The number of hydrogen-bond acceptors (Lipinski definition) is 6. The van der Waals surface area contributed by atoms with Gasteiger partial charge in [-0.25, -0.2) is 0 Å². The Kier molecular flexibility index (Phi) is 31.4. The summed E-state index contributed by atoms with van der Waals surface area (Å²) < 4.78 is 1.43. The van der Waals surface area contributed by atoms with Crippen molar-refractivity contribution in [3.05, 3.63) is 0 Å². The summed E-state index contributed by atoms with van der Waals surface area (Å²) in [5.74, 6) is -2.07. The van der Waals surface area contributed by atoms with Gasteiger partial charge in [-0.05, 0) is 25.7 Å². The molecular weight excluding hydrogens is 583 g/mol. The minimum absolute atomic E-state index is 0.149. The average molecular weight is 640 g/mol. The second-order valence-electron chi connectivity index (χ2n) is 9.42. The Hall–Kier alpha value is 0.439. The van der Waals surface area contributed by atoms with E-state index in [9.17, 15) is 19.8 Å². The van der Waals surface area contributed by atoms with Crippen molar-refractivity contribution in [3.8, 4) is 0 Å². The Balaban J connectivity index is -0.000000448. The van der Waals surface area contributed by atoms with E-state index >= 15 is 0 Å². The fourth-order valence-electron chi connectivity index (χ4n) is 3.26. The molecule has 0 aliphatic rings. The summed E-state index contributed by atoms with van der Waals surface area (Å²) in [5, 5.41) is 21.5. The van der Waals surface area contributed by atoms with Crippen LogP contribution in [-0.2, 0) is 9.59 Å². The van der Waals surface area contributed by atoms with Crippen LogP contribution in [0.3, 0.4) is 0 Å². The summed E-state index contributed by atoms with van der Waals surface area (Å²) >= 11 is 8.46. The SMILES string of the molecule is CCCCCCC(S)(CC)C(=O)[O-].CCCCCCC(S)(CC)C(=O)[O-].CCC[CH2][Sn+2][CH2]CCC. The van der Waals surface area contributed by atoms with Crippen molar-refractivity contribution in [2.75, 3.05) is 0 Å². The summed E-state index contributed by atoms with van der Waals surface area (Å²) in [4.78, 5) is 21.5. The molecule has 0 saturated heterocycles. The van der Waals surface area contributed by atoms with Gasteiger partial charge in [-0.15, -0.1) is 0 Å². The van der Waals surface area contributed by atoms with E-state index in [1.54, 1.807) is 8.87 Å². The zero-order chi connectivity index (χ0) is 27.6. The third-order valence-electron chi connectivity index (χ3n) is 6.23. The van der Waals surface area contributed by atoms with Crippen molar-refractivity contribution in [1.29, 1.82) is 0 Å². The molecule has 0 aliphatic carbocycles. The fraction of sp³-hybridized carbons (Fsp3) is 0.929. The molecule has 0 aromatic heterocycles. The molecule has 0 aliphatic heterocycles. The molecule has 0 fully saturated rings. The summed E-state index contributed by atoms with van der Waals surface area (Å²) in [5.41, 5.74) is 0. The van der Waals surface area contributed by atoms with Crippen LogP contribution in [0.15, 0.2) is 0 Å². The Morgan fingerprint density at radius 2 is 0.886 bits per heavy atom. The van der Waals surface area contributed by atoms with E-state index in [2.05, 4.69) is 53.0 Å². The number of carboxylic acids is 2. The first-order valence-corrected chi connectivity index (χ1v) is 19.1. The molecule has 4 nitrogen and oxygen atoms in total. The Bertz CT molecular complexity index is 452. The van der Waals surface area contributed by atoms with Gasteiger partial charge in [0.15, 0.2) is 0 Å². The molecule has 0 heterocycles. The predicted molar refractivity (Wildman–Crippen MR) is 157 cm³/mol. The van der Waals surface area contributed by atoms with Gasteiger partial charge in [-0.1, -0.05) is 79.1 Å². The molecule has 0 aromatic rings. The zero-order valence-electron chi connectivity index (χ0n) is 23.8. The van der Waals surface area contributed by atoms with Crippen molar-refractivity contribution < 1.29 is 19.8 Å². The number of rotatable bonds is 20. The van der Waals surface area contributed by atoms with E-state index in [-0.39, 0.29) is 21.1 Å². The van der Waals surface area contributed by atoms with Crippen molar-refractivity contribution >= 4 is 58.3 Å². The Labute approximate surface area is 239 Å². The summed E-state index contributed by atoms with van der Waals surface area (Å²) in [7, 11) is 0. The molecule has 0 N–H and O–H groups in total. The molecule has 2 atom stereocenters. The van der Waals surface area contributed by atoms with Crippen LogP contribution in [0.25, 0.3) is 0 Å². The fourth-order valence-corrected chi connectivity index (χ4v) is 7.74. The quantitative estimate of drug-likeness (QED) is 0.0884. The third-order valence-corrected chi connectivity index (χ3v) is 11.7. The van der Waals surface area contributed by atoms with Crippen molar-refractivity contribution in [2.45, 2.75) is 163 Å². The van der Waals surface area contributed by atoms with Crippen LogP contribution in [0.1, 0.15) is 144 Å². The maximum atomic E-state index is 10.7. The van der Waals surface area contributed by atoms with Gasteiger partial charge in [0, 0.05) is 0 Å². The van der Waals surface area contributed by atoms with Crippen LogP contribution in [0, 0.1) is 0 Å². The molecule has 208 valence electrons. The maximum absolute atomic E-state index is 10.7. The van der Waals surface area contributed by atoms with E-state index in [0.29, 0.717) is 25.7 Å². The number of unbranched alkanes of at least 4 members (excludes halogenated alkanes) is 8. The van der Waals surface area contributed by atoms with Gasteiger partial charge in [-0.2, -0.15) is 25.3 Å². The molecular formula is C28H56O4S2Sn. The molecule has 35 heavy (non-hydrogen) atoms. The van der Waals surface area contributed by atoms with Gasteiger partial charge >= 0.3 is 69.5 Å².